The lowest BCUT2D eigenvalue weighted by molar-refractivity contribution is 0.0680. The fraction of sp³-hybridized carbons (Fsp3) is 0.350. The van der Waals surface area contributed by atoms with Crippen LogP contribution >= 0.6 is 0 Å². The number of carbonyl (C=O) groups is 1. The summed E-state index contributed by atoms with van der Waals surface area (Å²) in [5, 5.41) is 0. The molecule has 150 valence electrons. The number of halogens is 1. The first-order chi connectivity index (χ1) is 13.3. The molecule has 28 heavy (non-hydrogen) atoms. The van der Waals surface area contributed by atoms with Crippen molar-refractivity contribution in [1.82, 2.24) is 4.90 Å². The van der Waals surface area contributed by atoms with Gasteiger partial charge in [0.25, 0.3) is 5.91 Å². The van der Waals surface area contributed by atoms with Crippen LogP contribution in [0.3, 0.4) is 0 Å². The Bertz CT molecular complexity index is 959. The standard InChI is InChI=1S/C20H22FNO5S/c1-26-18-8-3-14(11-19(18)27-2)12-22(17-9-10-28(24,25)13-17)20(23)15-4-6-16(21)7-5-15/h3-8,11,17H,9-10,12-13H2,1-2H3. The number of ether oxygens (including phenoxy) is 2. The van der Waals surface area contributed by atoms with Gasteiger partial charge in [-0.05, 0) is 48.4 Å². The summed E-state index contributed by atoms with van der Waals surface area (Å²) in [4.78, 5) is 14.6. The predicted molar refractivity (Wildman–Crippen MR) is 103 cm³/mol. The maximum Gasteiger partial charge on any atom is 0.254 e. The number of rotatable bonds is 6. The van der Waals surface area contributed by atoms with Gasteiger partial charge in [0, 0.05) is 18.2 Å². The average molecular weight is 407 g/mol. The topological polar surface area (TPSA) is 72.9 Å². The van der Waals surface area contributed by atoms with Gasteiger partial charge < -0.3 is 14.4 Å². The molecule has 1 aliphatic heterocycles. The van der Waals surface area contributed by atoms with Crippen LogP contribution in [0.15, 0.2) is 42.5 Å². The second kappa shape index (κ2) is 8.18. The summed E-state index contributed by atoms with van der Waals surface area (Å²) >= 11 is 0. The van der Waals surface area contributed by atoms with E-state index in [1.807, 2.05) is 0 Å². The first-order valence-corrected chi connectivity index (χ1v) is 10.6. The molecule has 1 heterocycles. The molecule has 2 aromatic rings. The van der Waals surface area contributed by atoms with Crippen LogP contribution in [0.1, 0.15) is 22.3 Å². The fourth-order valence-corrected chi connectivity index (χ4v) is 5.05. The molecule has 2 aromatic carbocycles. The van der Waals surface area contributed by atoms with Crippen molar-refractivity contribution in [2.75, 3.05) is 25.7 Å². The molecule has 0 bridgehead atoms. The molecule has 6 nitrogen and oxygen atoms in total. The zero-order chi connectivity index (χ0) is 20.3. The molecule has 1 fully saturated rings. The predicted octanol–water partition coefficient (Wildman–Crippen LogP) is 2.67. The Morgan fingerprint density at radius 3 is 2.36 bits per heavy atom. The normalized spacial score (nSPS) is 17.9. The van der Waals surface area contributed by atoms with Gasteiger partial charge in [-0.3, -0.25) is 4.79 Å². The molecule has 0 saturated carbocycles. The van der Waals surface area contributed by atoms with Crippen molar-refractivity contribution in [3.63, 3.8) is 0 Å². The highest BCUT2D eigenvalue weighted by atomic mass is 32.2. The Hall–Kier alpha value is -2.61. The summed E-state index contributed by atoms with van der Waals surface area (Å²) in [6.07, 6.45) is 0.378. The summed E-state index contributed by atoms with van der Waals surface area (Å²) in [6.45, 7) is 0.205. The van der Waals surface area contributed by atoms with Crippen molar-refractivity contribution in [2.24, 2.45) is 0 Å². The number of nitrogens with zero attached hydrogens (tertiary/aromatic N) is 1. The van der Waals surface area contributed by atoms with Crippen molar-refractivity contribution in [3.8, 4) is 11.5 Å². The number of hydrogen-bond acceptors (Lipinski definition) is 5. The summed E-state index contributed by atoms with van der Waals surface area (Å²) in [7, 11) is -0.124. The van der Waals surface area contributed by atoms with Crippen LogP contribution in [0.2, 0.25) is 0 Å². The van der Waals surface area contributed by atoms with Crippen LogP contribution in [0.4, 0.5) is 4.39 Å². The van der Waals surface area contributed by atoms with E-state index in [1.165, 1.54) is 38.5 Å². The van der Waals surface area contributed by atoms with E-state index in [1.54, 1.807) is 23.1 Å². The van der Waals surface area contributed by atoms with E-state index < -0.39 is 21.7 Å². The van der Waals surface area contributed by atoms with E-state index in [-0.39, 0.29) is 24.0 Å². The smallest absolute Gasteiger partial charge is 0.254 e. The van der Waals surface area contributed by atoms with Crippen molar-refractivity contribution >= 4 is 15.7 Å². The van der Waals surface area contributed by atoms with Crippen LogP contribution in [-0.2, 0) is 16.4 Å². The number of carbonyl (C=O) groups excluding carboxylic acids is 1. The van der Waals surface area contributed by atoms with E-state index in [2.05, 4.69) is 0 Å². The van der Waals surface area contributed by atoms with Crippen LogP contribution in [0, 0.1) is 5.82 Å². The molecular formula is C20H22FNO5S. The van der Waals surface area contributed by atoms with Gasteiger partial charge in [0.2, 0.25) is 0 Å². The zero-order valence-corrected chi connectivity index (χ0v) is 16.5. The fourth-order valence-electron chi connectivity index (χ4n) is 3.32. The maximum atomic E-state index is 13.2. The minimum Gasteiger partial charge on any atom is -0.493 e. The number of benzene rings is 2. The van der Waals surface area contributed by atoms with Crippen LogP contribution in [-0.4, -0.2) is 51.0 Å². The van der Waals surface area contributed by atoms with Gasteiger partial charge in [0.15, 0.2) is 21.3 Å². The van der Waals surface area contributed by atoms with Gasteiger partial charge in [0.05, 0.1) is 25.7 Å². The van der Waals surface area contributed by atoms with Gasteiger partial charge in [-0.25, -0.2) is 12.8 Å². The molecule has 1 atom stereocenters. The van der Waals surface area contributed by atoms with Gasteiger partial charge in [0.1, 0.15) is 5.82 Å². The first-order valence-electron chi connectivity index (χ1n) is 8.81. The molecular weight excluding hydrogens is 385 g/mol. The molecule has 0 radical (unpaired) electrons. The lowest BCUT2D eigenvalue weighted by Crippen LogP contribution is -2.40. The highest BCUT2D eigenvalue weighted by Gasteiger charge is 2.35. The highest BCUT2D eigenvalue weighted by molar-refractivity contribution is 7.91. The Morgan fingerprint density at radius 1 is 1.11 bits per heavy atom. The molecule has 8 heteroatoms. The third-order valence-electron chi connectivity index (χ3n) is 4.80. The minimum absolute atomic E-state index is 0.0524. The first kappa shape index (κ1) is 20.1. The van der Waals surface area contributed by atoms with E-state index in [0.717, 1.165) is 5.56 Å². The molecule has 3 rings (SSSR count). The van der Waals surface area contributed by atoms with E-state index >= 15 is 0 Å². The van der Waals surface area contributed by atoms with Gasteiger partial charge in [-0.15, -0.1) is 0 Å². The summed E-state index contributed by atoms with van der Waals surface area (Å²) < 4.78 is 47.7. The van der Waals surface area contributed by atoms with E-state index in [9.17, 15) is 17.6 Å². The summed E-state index contributed by atoms with van der Waals surface area (Å²) in [6, 6.07) is 10.1. The van der Waals surface area contributed by atoms with Gasteiger partial charge >= 0.3 is 0 Å². The SMILES string of the molecule is COc1ccc(CN(C(=O)c2ccc(F)cc2)C2CCS(=O)(=O)C2)cc1OC. The van der Waals surface area contributed by atoms with Crippen LogP contribution < -0.4 is 9.47 Å². The Kier molecular flexibility index (Phi) is 5.88. The third kappa shape index (κ3) is 4.44. The second-order valence-electron chi connectivity index (χ2n) is 6.69. The number of amides is 1. The van der Waals surface area contributed by atoms with E-state index in [0.29, 0.717) is 23.5 Å². The van der Waals surface area contributed by atoms with Crippen molar-refractivity contribution in [2.45, 2.75) is 19.0 Å². The zero-order valence-electron chi connectivity index (χ0n) is 15.7. The highest BCUT2D eigenvalue weighted by Crippen LogP contribution is 2.29. The lowest BCUT2D eigenvalue weighted by Gasteiger charge is -2.29. The van der Waals surface area contributed by atoms with Gasteiger partial charge in [-0.2, -0.15) is 0 Å². The van der Waals surface area contributed by atoms with Crippen molar-refractivity contribution < 1.29 is 27.1 Å². The number of sulfone groups is 1. The number of methoxy groups -OCH3 is 2. The molecule has 0 aromatic heterocycles. The lowest BCUT2D eigenvalue weighted by atomic mass is 10.1. The van der Waals surface area contributed by atoms with Crippen molar-refractivity contribution in [1.29, 1.82) is 0 Å². The number of hydrogen-bond donors (Lipinski definition) is 0. The second-order valence-corrected chi connectivity index (χ2v) is 8.91. The summed E-state index contributed by atoms with van der Waals surface area (Å²) in [5.41, 5.74) is 1.09. The largest absolute Gasteiger partial charge is 0.493 e. The van der Waals surface area contributed by atoms with Crippen molar-refractivity contribution in [3.05, 3.63) is 59.4 Å². The summed E-state index contributed by atoms with van der Waals surface area (Å²) in [5.74, 6) is 0.284. The van der Waals surface area contributed by atoms with Crippen LogP contribution in [0.25, 0.3) is 0 Å². The Labute approximate surface area is 163 Å². The molecule has 1 unspecified atom stereocenters. The molecule has 0 spiro atoms. The van der Waals surface area contributed by atoms with E-state index in [4.69, 9.17) is 9.47 Å². The Morgan fingerprint density at radius 2 is 1.79 bits per heavy atom. The maximum absolute atomic E-state index is 13.2. The molecule has 1 saturated heterocycles. The minimum atomic E-state index is -3.18. The Balaban J connectivity index is 1.92. The molecule has 0 aliphatic carbocycles. The molecule has 1 aliphatic rings. The molecule has 1 amide bonds. The molecule has 0 N–H and O–H groups in total. The van der Waals surface area contributed by atoms with Crippen LogP contribution in [0.5, 0.6) is 11.5 Å². The van der Waals surface area contributed by atoms with Gasteiger partial charge in [-0.1, -0.05) is 6.07 Å². The third-order valence-corrected chi connectivity index (χ3v) is 6.55. The monoisotopic (exact) mass is 407 g/mol. The average Bonchev–Trinajstić information content (AvgIpc) is 3.05. The quantitative estimate of drug-likeness (QED) is 0.736.